The van der Waals surface area contributed by atoms with Crippen molar-refractivity contribution in [2.75, 3.05) is 18.2 Å². The van der Waals surface area contributed by atoms with Gasteiger partial charge in [0.2, 0.25) is 5.91 Å². The highest BCUT2D eigenvalue weighted by molar-refractivity contribution is 7.99. The molecule has 1 aliphatic rings. The fourth-order valence-electron chi connectivity index (χ4n) is 2.05. The lowest BCUT2D eigenvalue weighted by atomic mass is 10.3. The Morgan fingerprint density at radius 1 is 1.53 bits per heavy atom. The minimum Gasteiger partial charge on any atom is -0.354 e. The summed E-state index contributed by atoms with van der Waals surface area (Å²) in [7, 11) is 0. The maximum atomic E-state index is 11.8. The Labute approximate surface area is 115 Å². The largest absolute Gasteiger partial charge is 0.354 e. The number of amides is 1. The summed E-state index contributed by atoms with van der Waals surface area (Å²) in [5.74, 6) is 2.63. The summed E-state index contributed by atoms with van der Waals surface area (Å²) in [6.45, 7) is 0.581. The Morgan fingerprint density at radius 3 is 3.32 bits per heavy atom. The first-order chi connectivity index (χ1) is 9.34. The van der Waals surface area contributed by atoms with Crippen molar-refractivity contribution < 1.29 is 4.79 Å². The van der Waals surface area contributed by atoms with Gasteiger partial charge in [-0.2, -0.15) is 0 Å². The van der Waals surface area contributed by atoms with Gasteiger partial charge in [0, 0.05) is 30.8 Å². The number of pyridine rings is 1. The molecule has 3 rings (SSSR count). The molecule has 1 atom stereocenters. The van der Waals surface area contributed by atoms with E-state index >= 15 is 0 Å². The first kappa shape index (κ1) is 12.4. The van der Waals surface area contributed by atoms with E-state index in [1.807, 2.05) is 28.8 Å². The molecule has 0 spiro atoms. The lowest BCUT2D eigenvalue weighted by Gasteiger charge is -2.09. The van der Waals surface area contributed by atoms with Gasteiger partial charge in [0.15, 0.2) is 5.65 Å². The molecule has 1 fully saturated rings. The predicted octanol–water partition coefficient (Wildman–Crippen LogP) is 0.0505. The Kier molecular flexibility index (Phi) is 3.65. The van der Waals surface area contributed by atoms with E-state index in [0.29, 0.717) is 13.0 Å². The maximum Gasteiger partial charge on any atom is 0.238 e. The van der Waals surface area contributed by atoms with Crippen molar-refractivity contribution in [2.24, 2.45) is 0 Å². The van der Waals surface area contributed by atoms with Crippen molar-refractivity contribution in [3.8, 4) is 0 Å². The molecule has 100 valence electrons. The van der Waals surface area contributed by atoms with Gasteiger partial charge < -0.3 is 5.32 Å². The number of rotatable bonds is 4. The molecule has 0 aliphatic carbocycles. The third kappa shape index (κ3) is 2.71. The van der Waals surface area contributed by atoms with Gasteiger partial charge in [-0.3, -0.25) is 14.5 Å². The zero-order valence-corrected chi connectivity index (χ0v) is 11.2. The number of fused-ring (bicyclic) bond motifs is 1. The molecule has 2 N–H and O–H groups in total. The van der Waals surface area contributed by atoms with Gasteiger partial charge in [0.1, 0.15) is 5.82 Å². The normalized spacial score (nSPS) is 18.8. The van der Waals surface area contributed by atoms with Crippen LogP contribution in [0.25, 0.3) is 5.65 Å². The molecule has 0 radical (unpaired) electrons. The molecule has 1 aliphatic heterocycles. The van der Waals surface area contributed by atoms with Gasteiger partial charge in [-0.1, -0.05) is 6.07 Å². The first-order valence-corrected chi connectivity index (χ1v) is 7.37. The zero-order valence-electron chi connectivity index (χ0n) is 10.4. The monoisotopic (exact) mass is 277 g/mol. The van der Waals surface area contributed by atoms with Gasteiger partial charge in [0.05, 0.1) is 6.04 Å². The minimum atomic E-state index is -0.0554. The molecule has 1 amide bonds. The summed E-state index contributed by atoms with van der Waals surface area (Å²) in [6, 6.07) is 5.73. The molecule has 6 nitrogen and oxygen atoms in total. The molecule has 19 heavy (non-hydrogen) atoms. The van der Waals surface area contributed by atoms with E-state index in [1.165, 1.54) is 0 Å². The standard InChI is InChI=1S/C12H15N5OS/c18-12(9-7-19-8-14-9)13-5-4-11-16-15-10-3-1-2-6-17(10)11/h1-3,6,9,14H,4-5,7-8H2,(H,13,18). The highest BCUT2D eigenvalue weighted by Gasteiger charge is 2.21. The van der Waals surface area contributed by atoms with Crippen LogP contribution in [0.3, 0.4) is 0 Å². The number of hydrogen-bond acceptors (Lipinski definition) is 5. The van der Waals surface area contributed by atoms with Crippen LogP contribution in [0, 0.1) is 0 Å². The van der Waals surface area contributed by atoms with Crippen LogP contribution in [0.1, 0.15) is 5.82 Å². The molecule has 0 aromatic carbocycles. The van der Waals surface area contributed by atoms with E-state index in [4.69, 9.17) is 0 Å². The number of nitrogens with one attached hydrogen (secondary N) is 2. The molecule has 2 aromatic heterocycles. The molecule has 1 unspecified atom stereocenters. The summed E-state index contributed by atoms with van der Waals surface area (Å²) in [4.78, 5) is 11.8. The van der Waals surface area contributed by atoms with E-state index < -0.39 is 0 Å². The van der Waals surface area contributed by atoms with E-state index in [2.05, 4.69) is 20.8 Å². The summed E-state index contributed by atoms with van der Waals surface area (Å²) in [5.41, 5.74) is 0.831. The summed E-state index contributed by atoms with van der Waals surface area (Å²) < 4.78 is 1.94. The highest BCUT2D eigenvalue weighted by Crippen LogP contribution is 2.09. The maximum absolute atomic E-state index is 11.8. The molecule has 0 saturated carbocycles. The SMILES string of the molecule is O=C(NCCc1nnc2ccccn12)C1CSCN1. The second kappa shape index (κ2) is 5.58. The van der Waals surface area contributed by atoms with Crippen molar-refractivity contribution in [2.45, 2.75) is 12.5 Å². The van der Waals surface area contributed by atoms with E-state index in [-0.39, 0.29) is 11.9 Å². The smallest absolute Gasteiger partial charge is 0.238 e. The van der Waals surface area contributed by atoms with E-state index in [9.17, 15) is 4.79 Å². The molecular weight excluding hydrogens is 262 g/mol. The number of hydrogen-bond donors (Lipinski definition) is 2. The van der Waals surface area contributed by atoms with E-state index in [1.54, 1.807) is 11.8 Å². The molecular formula is C12H15N5OS. The summed E-state index contributed by atoms with van der Waals surface area (Å²) in [5, 5.41) is 14.3. The molecule has 0 bridgehead atoms. The third-order valence-corrected chi connectivity index (χ3v) is 4.00. The van der Waals surface area contributed by atoms with Crippen LogP contribution in [0.5, 0.6) is 0 Å². The number of carbonyl (C=O) groups is 1. The van der Waals surface area contributed by atoms with Gasteiger partial charge in [-0.15, -0.1) is 22.0 Å². The fraction of sp³-hybridized carbons (Fsp3) is 0.417. The van der Waals surface area contributed by atoms with Crippen molar-refractivity contribution >= 4 is 23.3 Å². The second-order valence-electron chi connectivity index (χ2n) is 4.36. The van der Waals surface area contributed by atoms with E-state index in [0.717, 1.165) is 23.1 Å². The molecule has 3 heterocycles. The quantitative estimate of drug-likeness (QED) is 0.826. The number of aromatic nitrogens is 3. The minimum absolute atomic E-state index is 0.0554. The van der Waals surface area contributed by atoms with Crippen LogP contribution in [0.4, 0.5) is 0 Å². The first-order valence-electron chi connectivity index (χ1n) is 6.22. The average Bonchev–Trinajstić information content (AvgIpc) is 3.08. The number of thioether (sulfide) groups is 1. The van der Waals surface area contributed by atoms with Crippen LogP contribution < -0.4 is 10.6 Å². The fourth-order valence-corrected chi connectivity index (χ4v) is 2.99. The van der Waals surface area contributed by atoms with Crippen LogP contribution in [0.15, 0.2) is 24.4 Å². The zero-order chi connectivity index (χ0) is 13.1. The Bertz CT molecular complexity index is 578. The Morgan fingerprint density at radius 2 is 2.47 bits per heavy atom. The van der Waals surface area contributed by atoms with Gasteiger partial charge >= 0.3 is 0 Å². The average molecular weight is 277 g/mol. The van der Waals surface area contributed by atoms with Crippen LogP contribution in [0.2, 0.25) is 0 Å². The predicted molar refractivity (Wildman–Crippen MR) is 73.9 cm³/mol. The molecule has 1 saturated heterocycles. The topological polar surface area (TPSA) is 71.3 Å². The van der Waals surface area contributed by atoms with Crippen LogP contribution in [-0.2, 0) is 11.2 Å². The van der Waals surface area contributed by atoms with Crippen LogP contribution >= 0.6 is 11.8 Å². The van der Waals surface area contributed by atoms with Gasteiger partial charge in [-0.05, 0) is 12.1 Å². The van der Waals surface area contributed by atoms with Crippen molar-refractivity contribution in [3.63, 3.8) is 0 Å². The highest BCUT2D eigenvalue weighted by atomic mass is 32.2. The Hall–Kier alpha value is -1.60. The van der Waals surface area contributed by atoms with Crippen molar-refractivity contribution in [1.82, 2.24) is 25.2 Å². The molecule has 7 heteroatoms. The Balaban J connectivity index is 1.56. The van der Waals surface area contributed by atoms with Crippen molar-refractivity contribution in [1.29, 1.82) is 0 Å². The lowest BCUT2D eigenvalue weighted by Crippen LogP contribution is -2.42. The summed E-state index contributed by atoms with van der Waals surface area (Å²) in [6.07, 6.45) is 2.61. The lowest BCUT2D eigenvalue weighted by molar-refractivity contribution is -0.122. The van der Waals surface area contributed by atoms with Crippen LogP contribution in [-0.4, -0.2) is 44.7 Å². The molecule has 2 aromatic rings. The number of carbonyl (C=O) groups excluding carboxylic acids is 1. The number of nitrogens with zero attached hydrogens (tertiary/aromatic N) is 3. The van der Waals surface area contributed by atoms with Gasteiger partial charge in [0.25, 0.3) is 0 Å². The van der Waals surface area contributed by atoms with Crippen molar-refractivity contribution in [3.05, 3.63) is 30.2 Å². The second-order valence-corrected chi connectivity index (χ2v) is 5.39. The van der Waals surface area contributed by atoms with Gasteiger partial charge in [-0.25, -0.2) is 0 Å². The summed E-state index contributed by atoms with van der Waals surface area (Å²) >= 11 is 1.75. The third-order valence-electron chi connectivity index (χ3n) is 3.06.